The molecule has 7 heteroatoms. The molecule has 0 saturated carbocycles. The number of nitrogens with zero attached hydrogens (tertiary/aromatic N) is 2. The number of nitrogens with one attached hydrogen (secondary N) is 1. The van der Waals surface area contributed by atoms with Gasteiger partial charge in [-0.3, -0.25) is 0 Å². The van der Waals surface area contributed by atoms with Gasteiger partial charge in [-0.1, -0.05) is 11.6 Å². The molecule has 2 heterocycles. The average Bonchev–Trinajstić information content (AvgIpc) is 2.39. The predicted molar refractivity (Wildman–Crippen MR) is 73.1 cm³/mol. The SMILES string of the molecule is CNCC1CCN(c2ncc(C(F)(F)F)cc2Cl)CC1. The number of pyridine rings is 1. The molecule has 0 bridgehead atoms. The fourth-order valence-corrected chi connectivity index (χ4v) is 2.74. The topological polar surface area (TPSA) is 28.2 Å². The summed E-state index contributed by atoms with van der Waals surface area (Å²) in [5.41, 5.74) is -0.809. The van der Waals surface area contributed by atoms with Gasteiger partial charge in [0, 0.05) is 19.3 Å². The highest BCUT2D eigenvalue weighted by Gasteiger charge is 2.32. The van der Waals surface area contributed by atoms with E-state index in [0.717, 1.165) is 44.7 Å². The molecule has 1 aliphatic heterocycles. The van der Waals surface area contributed by atoms with Gasteiger partial charge in [-0.25, -0.2) is 4.98 Å². The summed E-state index contributed by atoms with van der Waals surface area (Å²) in [5.74, 6) is 1.05. The summed E-state index contributed by atoms with van der Waals surface area (Å²) in [6.07, 6.45) is -1.59. The third-order valence-electron chi connectivity index (χ3n) is 3.56. The van der Waals surface area contributed by atoms with Crippen molar-refractivity contribution in [3.05, 3.63) is 22.8 Å². The second-order valence-corrected chi connectivity index (χ2v) is 5.42. The Morgan fingerprint density at radius 1 is 1.40 bits per heavy atom. The van der Waals surface area contributed by atoms with E-state index in [1.54, 1.807) is 0 Å². The van der Waals surface area contributed by atoms with Gasteiger partial charge in [0.2, 0.25) is 0 Å². The molecule has 20 heavy (non-hydrogen) atoms. The first-order chi connectivity index (χ1) is 9.41. The standard InChI is InChI=1S/C13H17ClF3N3/c1-18-7-9-2-4-20(5-3-9)12-11(14)6-10(8-19-12)13(15,16)17/h6,8-9,18H,2-5,7H2,1H3. The monoisotopic (exact) mass is 307 g/mol. The molecule has 0 radical (unpaired) electrons. The molecule has 1 fully saturated rings. The lowest BCUT2D eigenvalue weighted by molar-refractivity contribution is -0.137. The van der Waals surface area contributed by atoms with Crippen LogP contribution < -0.4 is 10.2 Å². The van der Waals surface area contributed by atoms with Gasteiger partial charge < -0.3 is 10.2 Å². The second-order valence-electron chi connectivity index (χ2n) is 5.02. The van der Waals surface area contributed by atoms with Crippen LogP contribution in [0.3, 0.4) is 0 Å². The fraction of sp³-hybridized carbons (Fsp3) is 0.615. The lowest BCUT2D eigenvalue weighted by Gasteiger charge is -2.33. The molecule has 0 atom stereocenters. The van der Waals surface area contributed by atoms with E-state index in [2.05, 4.69) is 10.3 Å². The molecule has 2 rings (SSSR count). The molecule has 3 nitrogen and oxygen atoms in total. The van der Waals surface area contributed by atoms with Crippen molar-refractivity contribution in [3.8, 4) is 0 Å². The Labute approximate surface area is 121 Å². The van der Waals surface area contributed by atoms with Gasteiger partial charge in [0.25, 0.3) is 0 Å². The molecule has 112 valence electrons. The zero-order chi connectivity index (χ0) is 14.8. The van der Waals surface area contributed by atoms with Crippen LogP contribution >= 0.6 is 11.6 Å². The average molecular weight is 308 g/mol. The number of rotatable bonds is 3. The highest BCUT2D eigenvalue weighted by atomic mass is 35.5. The van der Waals surface area contributed by atoms with E-state index in [4.69, 9.17) is 11.6 Å². The smallest absolute Gasteiger partial charge is 0.355 e. The third kappa shape index (κ3) is 3.55. The van der Waals surface area contributed by atoms with Crippen LogP contribution in [-0.4, -0.2) is 31.7 Å². The number of hydrogen-bond acceptors (Lipinski definition) is 3. The van der Waals surface area contributed by atoms with Crippen molar-refractivity contribution in [1.29, 1.82) is 0 Å². The van der Waals surface area contributed by atoms with Crippen molar-refractivity contribution < 1.29 is 13.2 Å². The number of halogens is 4. The van der Waals surface area contributed by atoms with Crippen LogP contribution in [0.1, 0.15) is 18.4 Å². The molecule has 1 aromatic heterocycles. The van der Waals surface area contributed by atoms with Crippen LogP contribution in [0.15, 0.2) is 12.3 Å². The molecule has 1 aliphatic rings. The fourth-order valence-electron chi connectivity index (χ4n) is 2.46. The Kier molecular flexibility index (Phi) is 4.75. The van der Waals surface area contributed by atoms with Crippen molar-refractivity contribution >= 4 is 17.4 Å². The Morgan fingerprint density at radius 2 is 2.05 bits per heavy atom. The summed E-state index contributed by atoms with van der Waals surface area (Å²) < 4.78 is 37.7. The normalized spacial score (nSPS) is 17.6. The zero-order valence-corrected chi connectivity index (χ0v) is 11.9. The highest BCUT2D eigenvalue weighted by molar-refractivity contribution is 6.33. The summed E-state index contributed by atoms with van der Waals surface area (Å²) in [5, 5.41) is 3.20. The van der Waals surface area contributed by atoms with Crippen molar-refractivity contribution in [1.82, 2.24) is 10.3 Å². The van der Waals surface area contributed by atoms with E-state index in [0.29, 0.717) is 11.7 Å². The Balaban J connectivity index is 2.07. The Bertz CT molecular complexity index is 457. The van der Waals surface area contributed by atoms with Crippen LogP contribution in [0.2, 0.25) is 5.02 Å². The minimum Gasteiger partial charge on any atom is -0.355 e. The van der Waals surface area contributed by atoms with Gasteiger partial charge >= 0.3 is 6.18 Å². The summed E-state index contributed by atoms with van der Waals surface area (Å²) in [4.78, 5) is 5.85. The molecule has 0 spiro atoms. The van der Waals surface area contributed by atoms with Crippen LogP contribution in [0.5, 0.6) is 0 Å². The van der Waals surface area contributed by atoms with Crippen LogP contribution in [0.4, 0.5) is 19.0 Å². The van der Waals surface area contributed by atoms with E-state index < -0.39 is 11.7 Å². The van der Waals surface area contributed by atoms with Crippen LogP contribution in [0, 0.1) is 5.92 Å². The van der Waals surface area contributed by atoms with Gasteiger partial charge in [0.05, 0.1) is 10.6 Å². The highest BCUT2D eigenvalue weighted by Crippen LogP contribution is 2.34. The van der Waals surface area contributed by atoms with Crippen molar-refractivity contribution in [2.24, 2.45) is 5.92 Å². The predicted octanol–water partition coefficient (Wildman–Crippen LogP) is 3.19. The maximum Gasteiger partial charge on any atom is 0.417 e. The molecular formula is C13H17ClF3N3. The molecule has 0 amide bonds. The number of aromatic nitrogens is 1. The van der Waals surface area contributed by atoms with Gasteiger partial charge in [-0.15, -0.1) is 0 Å². The maximum absolute atomic E-state index is 12.6. The van der Waals surface area contributed by atoms with Gasteiger partial charge in [-0.2, -0.15) is 13.2 Å². The first-order valence-electron chi connectivity index (χ1n) is 6.54. The van der Waals surface area contributed by atoms with Crippen LogP contribution in [-0.2, 0) is 6.18 Å². The zero-order valence-electron chi connectivity index (χ0n) is 11.2. The molecule has 0 unspecified atom stereocenters. The van der Waals surface area contributed by atoms with Crippen molar-refractivity contribution in [3.63, 3.8) is 0 Å². The second kappa shape index (κ2) is 6.18. The number of anilines is 1. The quantitative estimate of drug-likeness (QED) is 0.929. The van der Waals surface area contributed by atoms with Gasteiger partial charge in [0.15, 0.2) is 0 Å². The van der Waals surface area contributed by atoms with E-state index in [1.807, 2.05) is 11.9 Å². The summed E-state index contributed by atoms with van der Waals surface area (Å²) in [6.45, 7) is 2.50. The summed E-state index contributed by atoms with van der Waals surface area (Å²) in [7, 11) is 1.92. The van der Waals surface area contributed by atoms with Gasteiger partial charge in [0.1, 0.15) is 5.82 Å². The van der Waals surface area contributed by atoms with E-state index in [1.165, 1.54) is 0 Å². The van der Waals surface area contributed by atoms with E-state index >= 15 is 0 Å². The van der Waals surface area contributed by atoms with Crippen molar-refractivity contribution in [2.45, 2.75) is 19.0 Å². The molecule has 1 saturated heterocycles. The molecule has 1 N–H and O–H groups in total. The number of hydrogen-bond donors (Lipinski definition) is 1. The molecular weight excluding hydrogens is 291 g/mol. The lowest BCUT2D eigenvalue weighted by atomic mass is 9.97. The third-order valence-corrected chi connectivity index (χ3v) is 3.83. The Hall–Kier alpha value is -1.01. The number of alkyl halides is 3. The first-order valence-corrected chi connectivity index (χ1v) is 6.92. The van der Waals surface area contributed by atoms with Crippen molar-refractivity contribution in [2.75, 3.05) is 31.6 Å². The largest absolute Gasteiger partial charge is 0.417 e. The van der Waals surface area contributed by atoms with Crippen LogP contribution in [0.25, 0.3) is 0 Å². The molecule has 0 aromatic carbocycles. The minimum atomic E-state index is -4.41. The number of piperidine rings is 1. The minimum absolute atomic E-state index is 0.0619. The van der Waals surface area contributed by atoms with E-state index in [-0.39, 0.29) is 5.02 Å². The van der Waals surface area contributed by atoms with E-state index in [9.17, 15) is 13.2 Å². The molecule has 0 aliphatic carbocycles. The lowest BCUT2D eigenvalue weighted by Crippen LogP contribution is -2.37. The summed E-state index contributed by atoms with van der Waals surface area (Å²) in [6, 6.07) is 0.948. The Morgan fingerprint density at radius 3 is 2.55 bits per heavy atom. The maximum atomic E-state index is 12.6. The molecule has 1 aromatic rings. The van der Waals surface area contributed by atoms with Gasteiger partial charge in [-0.05, 0) is 38.4 Å². The first kappa shape index (κ1) is 15.4. The summed E-state index contributed by atoms with van der Waals surface area (Å²) >= 11 is 5.95.